The molecule has 9 heteroatoms. The SMILES string of the molecule is COc1ccc(NC(=O)N2CCC(Oc3nc4ccc(OC)cc4s3)CC2)c(OC)c1. The Morgan fingerprint density at radius 3 is 2.45 bits per heavy atom. The second-order valence-corrected chi connectivity index (χ2v) is 8.11. The van der Waals surface area contributed by atoms with E-state index in [1.807, 2.05) is 18.2 Å². The first-order chi connectivity index (χ1) is 15.1. The van der Waals surface area contributed by atoms with Gasteiger partial charge in [0.2, 0.25) is 0 Å². The highest BCUT2D eigenvalue weighted by molar-refractivity contribution is 7.20. The summed E-state index contributed by atoms with van der Waals surface area (Å²) in [6.45, 7) is 1.21. The van der Waals surface area contributed by atoms with E-state index in [2.05, 4.69) is 10.3 Å². The number of fused-ring (bicyclic) bond motifs is 1. The molecule has 1 aliphatic heterocycles. The first-order valence-corrected chi connectivity index (χ1v) is 10.8. The average molecular weight is 444 g/mol. The number of ether oxygens (including phenoxy) is 4. The van der Waals surface area contributed by atoms with Crippen molar-refractivity contribution in [1.29, 1.82) is 0 Å². The van der Waals surface area contributed by atoms with Crippen molar-refractivity contribution in [3.63, 3.8) is 0 Å². The van der Waals surface area contributed by atoms with Crippen LogP contribution in [0.5, 0.6) is 22.4 Å². The largest absolute Gasteiger partial charge is 0.497 e. The number of methoxy groups -OCH3 is 3. The minimum absolute atomic E-state index is 0.0297. The van der Waals surface area contributed by atoms with Crippen LogP contribution in [-0.4, -0.2) is 56.4 Å². The van der Waals surface area contributed by atoms with Crippen molar-refractivity contribution in [2.75, 3.05) is 39.7 Å². The number of hydrogen-bond acceptors (Lipinski definition) is 7. The summed E-state index contributed by atoms with van der Waals surface area (Å²) in [5.41, 5.74) is 1.50. The van der Waals surface area contributed by atoms with E-state index in [-0.39, 0.29) is 12.1 Å². The zero-order valence-corrected chi connectivity index (χ0v) is 18.5. The van der Waals surface area contributed by atoms with E-state index in [0.29, 0.717) is 35.5 Å². The monoisotopic (exact) mass is 443 g/mol. The highest BCUT2D eigenvalue weighted by Gasteiger charge is 2.25. The first kappa shape index (κ1) is 21.0. The van der Waals surface area contributed by atoms with Gasteiger partial charge in [-0.3, -0.25) is 0 Å². The average Bonchev–Trinajstić information content (AvgIpc) is 3.21. The number of anilines is 1. The van der Waals surface area contributed by atoms with E-state index in [0.717, 1.165) is 28.8 Å². The summed E-state index contributed by atoms with van der Waals surface area (Å²) in [6.07, 6.45) is 1.51. The Morgan fingerprint density at radius 2 is 1.74 bits per heavy atom. The lowest BCUT2D eigenvalue weighted by atomic mass is 10.1. The zero-order chi connectivity index (χ0) is 21.8. The molecule has 0 spiro atoms. The minimum atomic E-state index is -0.158. The number of amides is 2. The Labute approximate surface area is 184 Å². The van der Waals surface area contributed by atoms with Crippen molar-refractivity contribution in [2.45, 2.75) is 18.9 Å². The van der Waals surface area contributed by atoms with Crippen LogP contribution in [-0.2, 0) is 0 Å². The lowest BCUT2D eigenvalue weighted by Crippen LogP contribution is -2.43. The standard InChI is InChI=1S/C22H25N3O5S/c1-27-15-4-6-17(19(12-15)29-3)23-21(26)25-10-8-14(9-11-25)30-22-24-18-7-5-16(28-2)13-20(18)31-22/h4-7,12-14H,8-11H2,1-3H3,(H,23,26). The number of piperidine rings is 1. The van der Waals surface area contributed by atoms with Gasteiger partial charge in [0.05, 0.1) is 37.2 Å². The molecule has 0 aliphatic carbocycles. The topological polar surface area (TPSA) is 82.2 Å². The molecule has 0 atom stereocenters. The van der Waals surface area contributed by atoms with Crippen molar-refractivity contribution >= 4 is 33.3 Å². The molecule has 2 aromatic carbocycles. The number of aromatic nitrogens is 1. The van der Waals surface area contributed by atoms with Crippen molar-refractivity contribution < 1.29 is 23.7 Å². The van der Waals surface area contributed by atoms with Crippen LogP contribution in [0.4, 0.5) is 10.5 Å². The molecule has 31 heavy (non-hydrogen) atoms. The van der Waals surface area contributed by atoms with E-state index in [4.69, 9.17) is 18.9 Å². The highest BCUT2D eigenvalue weighted by atomic mass is 32.1. The van der Waals surface area contributed by atoms with Gasteiger partial charge in [0.25, 0.3) is 5.19 Å². The fourth-order valence-corrected chi connectivity index (χ4v) is 4.39. The quantitative estimate of drug-likeness (QED) is 0.608. The lowest BCUT2D eigenvalue weighted by molar-refractivity contribution is 0.115. The van der Waals surface area contributed by atoms with Gasteiger partial charge >= 0.3 is 6.03 Å². The van der Waals surface area contributed by atoms with Crippen LogP contribution in [0.25, 0.3) is 10.2 Å². The number of nitrogens with zero attached hydrogens (tertiary/aromatic N) is 2. The molecule has 8 nitrogen and oxygen atoms in total. The van der Waals surface area contributed by atoms with E-state index in [1.54, 1.807) is 44.4 Å². The summed E-state index contributed by atoms with van der Waals surface area (Å²) in [5.74, 6) is 2.02. The molecule has 1 fully saturated rings. The maximum atomic E-state index is 12.7. The maximum Gasteiger partial charge on any atom is 0.321 e. The number of carbonyl (C=O) groups is 1. The summed E-state index contributed by atoms with van der Waals surface area (Å²) < 4.78 is 22.9. The summed E-state index contributed by atoms with van der Waals surface area (Å²) in [5, 5.41) is 3.57. The summed E-state index contributed by atoms with van der Waals surface area (Å²) in [4.78, 5) is 19.0. The van der Waals surface area contributed by atoms with Gasteiger partial charge in [-0.1, -0.05) is 11.3 Å². The first-order valence-electron chi connectivity index (χ1n) is 9.99. The molecule has 1 saturated heterocycles. The van der Waals surface area contributed by atoms with Crippen LogP contribution in [0.3, 0.4) is 0 Å². The predicted octanol–water partition coefficient (Wildman–Crippen LogP) is 4.40. The van der Waals surface area contributed by atoms with Crippen LogP contribution in [0.1, 0.15) is 12.8 Å². The third kappa shape index (κ3) is 4.77. The second kappa shape index (κ2) is 9.30. The van der Waals surface area contributed by atoms with E-state index in [9.17, 15) is 4.79 Å². The molecule has 2 heterocycles. The Balaban J connectivity index is 1.33. The smallest absolute Gasteiger partial charge is 0.321 e. The van der Waals surface area contributed by atoms with E-state index < -0.39 is 0 Å². The van der Waals surface area contributed by atoms with Crippen LogP contribution >= 0.6 is 11.3 Å². The third-order valence-corrected chi connectivity index (χ3v) is 6.13. The van der Waals surface area contributed by atoms with Gasteiger partial charge in [-0.05, 0) is 30.3 Å². The molecule has 1 aliphatic rings. The van der Waals surface area contributed by atoms with E-state index >= 15 is 0 Å². The number of thiazole rings is 1. The number of carbonyl (C=O) groups excluding carboxylic acids is 1. The van der Waals surface area contributed by atoms with Gasteiger partial charge in [-0.2, -0.15) is 0 Å². The van der Waals surface area contributed by atoms with Crippen molar-refractivity contribution in [1.82, 2.24) is 9.88 Å². The molecule has 4 rings (SSSR count). The molecule has 164 valence electrons. The van der Waals surface area contributed by atoms with Gasteiger partial charge in [-0.15, -0.1) is 0 Å². The lowest BCUT2D eigenvalue weighted by Gasteiger charge is -2.31. The van der Waals surface area contributed by atoms with Gasteiger partial charge in [0, 0.05) is 32.0 Å². The number of likely N-dealkylation sites (tertiary alicyclic amines) is 1. The van der Waals surface area contributed by atoms with Crippen LogP contribution in [0.15, 0.2) is 36.4 Å². The predicted molar refractivity (Wildman–Crippen MR) is 120 cm³/mol. The van der Waals surface area contributed by atoms with Crippen molar-refractivity contribution in [3.8, 4) is 22.4 Å². The van der Waals surface area contributed by atoms with Crippen LogP contribution in [0.2, 0.25) is 0 Å². The molecule has 0 unspecified atom stereocenters. The van der Waals surface area contributed by atoms with Gasteiger partial charge in [-0.25, -0.2) is 9.78 Å². The number of rotatable bonds is 6. The summed E-state index contributed by atoms with van der Waals surface area (Å²) in [6, 6.07) is 10.9. The molecule has 0 radical (unpaired) electrons. The number of hydrogen-bond donors (Lipinski definition) is 1. The third-order valence-electron chi connectivity index (χ3n) is 5.22. The highest BCUT2D eigenvalue weighted by Crippen LogP contribution is 2.33. The van der Waals surface area contributed by atoms with E-state index in [1.165, 1.54) is 11.3 Å². The summed E-state index contributed by atoms with van der Waals surface area (Å²) >= 11 is 1.51. The van der Waals surface area contributed by atoms with Crippen molar-refractivity contribution in [2.24, 2.45) is 0 Å². The van der Waals surface area contributed by atoms with Gasteiger partial charge < -0.3 is 29.2 Å². The Hall–Kier alpha value is -3.20. The fourth-order valence-electron chi connectivity index (χ4n) is 3.48. The molecule has 0 saturated carbocycles. The van der Waals surface area contributed by atoms with Gasteiger partial charge in [0.1, 0.15) is 23.4 Å². The zero-order valence-electron chi connectivity index (χ0n) is 17.7. The Morgan fingerprint density at radius 1 is 1.03 bits per heavy atom. The molecule has 1 aromatic heterocycles. The number of benzene rings is 2. The molecule has 0 bridgehead atoms. The molecular weight excluding hydrogens is 418 g/mol. The number of urea groups is 1. The van der Waals surface area contributed by atoms with Crippen molar-refractivity contribution in [3.05, 3.63) is 36.4 Å². The van der Waals surface area contributed by atoms with Crippen LogP contribution in [0, 0.1) is 0 Å². The second-order valence-electron chi connectivity index (χ2n) is 7.11. The molecule has 3 aromatic rings. The fraction of sp³-hybridized carbons (Fsp3) is 0.364. The Kier molecular flexibility index (Phi) is 6.31. The normalized spacial score (nSPS) is 14.4. The molecule has 2 amide bonds. The molecule has 1 N–H and O–H groups in total. The molecular formula is C22H25N3O5S. The minimum Gasteiger partial charge on any atom is -0.497 e. The maximum absolute atomic E-state index is 12.7. The van der Waals surface area contributed by atoms with Crippen LogP contribution < -0.4 is 24.3 Å². The summed E-state index contributed by atoms with van der Waals surface area (Å²) in [7, 11) is 4.80. The number of nitrogens with one attached hydrogen (secondary N) is 1. The Bertz CT molecular complexity index is 1060. The van der Waals surface area contributed by atoms with Gasteiger partial charge in [0.15, 0.2) is 0 Å².